The largest absolute Gasteiger partial charge is 0.378 e. The summed E-state index contributed by atoms with van der Waals surface area (Å²) in [6, 6.07) is 1.63. The van der Waals surface area contributed by atoms with Crippen LogP contribution in [0.4, 0.5) is 5.95 Å². The summed E-state index contributed by atoms with van der Waals surface area (Å²) >= 11 is 0. The van der Waals surface area contributed by atoms with E-state index in [1.165, 1.54) is 0 Å². The highest BCUT2D eigenvalue weighted by molar-refractivity contribution is 5.92. The third kappa shape index (κ3) is 3.16. The van der Waals surface area contributed by atoms with Crippen LogP contribution in [0.25, 0.3) is 0 Å². The van der Waals surface area contributed by atoms with E-state index in [4.69, 9.17) is 4.74 Å². The van der Waals surface area contributed by atoms with Gasteiger partial charge in [-0.3, -0.25) is 4.79 Å². The molecule has 0 atom stereocenters. The van der Waals surface area contributed by atoms with Crippen molar-refractivity contribution >= 4 is 11.9 Å². The van der Waals surface area contributed by atoms with Gasteiger partial charge in [0.15, 0.2) is 0 Å². The molecule has 98 valence electrons. The molecular weight excluding hydrogens is 232 g/mol. The number of anilines is 1. The number of nitrogens with zero attached hydrogens (tertiary/aromatic N) is 3. The van der Waals surface area contributed by atoms with E-state index in [1.54, 1.807) is 12.3 Å². The third-order valence-corrected chi connectivity index (χ3v) is 2.70. The number of hydrogen-bond donors (Lipinski definition) is 1. The minimum atomic E-state index is -0.145. The summed E-state index contributed by atoms with van der Waals surface area (Å²) < 4.78 is 5.28. The van der Waals surface area contributed by atoms with Crippen LogP contribution in [0.3, 0.4) is 0 Å². The highest BCUT2D eigenvalue weighted by Crippen LogP contribution is 2.09. The Morgan fingerprint density at radius 2 is 2.28 bits per heavy atom. The molecule has 6 heteroatoms. The van der Waals surface area contributed by atoms with E-state index in [9.17, 15) is 4.79 Å². The predicted molar refractivity (Wildman–Crippen MR) is 67.7 cm³/mol. The van der Waals surface area contributed by atoms with Gasteiger partial charge in [-0.1, -0.05) is 6.92 Å². The summed E-state index contributed by atoms with van der Waals surface area (Å²) in [5, 5.41) is 2.81. The molecule has 2 rings (SSSR count). The van der Waals surface area contributed by atoms with Crippen LogP contribution in [0.15, 0.2) is 12.3 Å². The molecule has 18 heavy (non-hydrogen) atoms. The van der Waals surface area contributed by atoms with Crippen LogP contribution in [-0.2, 0) is 4.74 Å². The molecule has 0 unspecified atom stereocenters. The van der Waals surface area contributed by atoms with Crippen molar-refractivity contribution in [1.82, 2.24) is 15.3 Å². The minimum Gasteiger partial charge on any atom is -0.378 e. The molecule has 1 aromatic rings. The number of carbonyl (C=O) groups excluding carboxylic acids is 1. The fourth-order valence-corrected chi connectivity index (χ4v) is 1.72. The fourth-order valence-electron chi connectivity index (χ4n) is 1.72. The lowest BCUT2D eigenvalue weighted by molar-refractivity contribution is 0.0948. The van der Waals surface area contributed by atoms with Gasteiger partial charge < -0.3 is 15.0 Å². The maximum Gasteiger partial charge on any atom is 0.270 e. The number of ether oxygens (including phenoxy) is 1. The number of rotatable bonds is 4. The zero-order chi connectivity index (χ0) is 12.8. The molecule has 6 nitrogen and oxygen atoms in total. The van der Waals surface area contributed by atoms with E-state index < -0.39 is 0 Å². The first-order valence-corrected chi connectivity index (χ1v) is 6.25. The van der Waals surface area contributed by atoms with Gasteiger partial charge in [0.25, 0.3) is 5.91 Å². The molecule has 0 aromatic carbocycles. The molecule has 1 aromatic heterocycles. The monoisotopic (exact) mass is 250 g/mol. The van der Waals surface area contributed by atoms with Crippen molar-refractivity contribution in [2.45, 2.75) is 13.3 Å². The van der Waals surface area contributed by atoms with Gasteiger partial charge in [0.05, 0.1) is 13.2 Å². The Hall–Kier alpha value is -1.69. The van der Waals surface area contributed by atoms with Crippen LogP contribution >= 0.6 is 0 Å². The van der Waals surface area contributed by atoms with Crippen LogP contribution in [0.1, 0.15) is 23.8 Å². The molecule has 0 aliphatic carbocycles. The smallest absolute Gasteiger partial charge is 0.270 e. The van der Waals surface area contributed by atoms with Crippen LogP contribution in [0, 0.1) is 0 Å². The number of amides is 1. The van der Waals surface area contributed by atoms with Crippen molar-refractivity contribution in [3.05, 3.63) is 18.0 Å². The van der Waals surface area contributed by atoms with Crippen molar-refractivity contribution in [1.29, 1.82) is 0 Å². The van der Waals surface area contributed by atoms with Gasteiger partial charge in [-0.05, 0) is 12.5 Å². The Morgan fingerprint density at radius 1 is 1.50 bits per heavy atom. The molecule has 2 heterocycles. The third-order valence-electron chi connectivity index (χ3n) is 2.70. The first-order chi connectivity index (χ1) is 8.81. The van der Waals surface area contributed by atoms with Gasteiger partial charge in [0, 0.05) is 25.8 Å². The number of morpholine rings is 1. The SMILES string of the molecule is CCCNC(=O)c1ccnc(N2CCOCC2)n1. The van der Waals surface area contributed by atoms with Gasteiger partial charge >= 0.3 is 0 Å². The van der Waals surface area contributed by atoms with E-state index in [1.807, 2.05) is 11.8 Å². The number of nitrogens with one attached hydrogen (secondary N) is 1. The second-order valence-electron chi connectivity index (χ2n) is 4.10. The topological polar surface area (TPSA) is 67.4 Å². The molecule has 0 saturated carbocycles. The molecule has 1 amide bonds. The second-order valence-corrected chi connectivity index (χ2v) is 4.10. The Morgan fingerprint density at radius 3 is 3.00 bits per heavy atom. The Bertz CT molecular complexity index is 405. The minimum absolute atomic E-state index is 0.145. The second kappa shape index (κ2) is 6.30. The molecule has 0 radical (unpaired) electrons. The maximum absolute atomic E-state index is 11.8. The summed E-state index contributed by atoms with van der Waals surface area (Å²) in [7, 11) is 0. The average Bonchev–Trinajstić information content (AvgIpc) is 2.46. The lowest BCUT2D eigenvalue weighted by Gasteiger charge is -2.26. The molecule has 1 N–H and O–H groups in total. The van der Waals surface area contributed by atoms with Gasteiger partial charge in [0.2, 0.25) is 5.95 Å². The standard InChI is InChI=1S/C12H18N4O2/c1-2-4-13-11(17)10-3-5-14-12(15-10)16-6-8-18-9-7-16/h3,5H,2,4,6-9H2,1H3,(H,13,17). The van der Waals surface area contributed by atoms with Gasteiger partial charge in [-0.2, -0.15) is 0 Å². The van der Waals surface area contributed by atoms with Crippen LogP contribution in [0.2, 0.25) is 0 Å². The molecule has 1 aliphatic rings. The summed E-state index contributed by atoms with van der Waals surface area (Å²) in [6.45, 7) is 5.56. The molecular formula is C12H18N4O2. The number of carbonyl (C=O) groups is 1. The van der Waals surface area contributed by atoms with E-state index in [0.717, 1.165) is 19.5 Å². The van der Waals surface area contributed by atoms with Crippen LogP contribution in [-0.4, -0.2) is 48.7 Å². The number of aromatic nitrogens is 2. The van der Waals surface area contributed by atoms with E-state index >= 15 is 0 Å². The van der Waals surface area contributed by atoms with Crippen molar-refractivity contribution in [3.63, 3.8) is 0 Å². The average molecular weight is 250 g/mol. The predicted octanol–water partition coefficient (Wildman–Crippen LogP) is 0.453. The quantitative estimate of drug-likeness (QED) is 0.840. The first kappa shape index (κ1) is 12.8. The maximum atomic E-state index is 11.8. The van der Waals surface area contributed by atoms with Crippen molar-refractivity contribution in [3.8, 4) is 0 Å². The Balaban J connectivity index is 2.06. The highest BCUT2D eigenvalue weighted by Gasteiger charge is 2.15. The van der Waals surface area contributed by atoms with Crippen LogP contribution < -0.4 is 10.2 Å². The van der Waals surface area contributed by atoms with Crippen molar-refractivity contribution < 1.29 is 9.53 Å². The lowest BCUT2D eigenvalue weighted by Crippen LogP contribution is -2.37. The summed E-state index contributed by atoms with van der Waals surface area (Å²) in [6.07, 6.45) is 2.53. The Kier molecular flexibility index (Phi) is 4.46. The van der Waals surface area contributed by atoms with E-state index in [0.29, 0.717) is 31.4 Å². The fraction of sp³-hybridized carbons (Fsp3) is 0.583. The van der Waals surface area contributed by atoms with E-state index in [-0.39, 0.29) is 5.91 Å². The summed E-state index contributed by atoms with van der Waals surface area (Å²) in [5.41, 5.74) is 0.417. The van der Waals surface area contributed by atoms with Crippen LogP contribution in [0.5, 0.6) is 0 Å². The number of hydrogen-bond acceptors (Lipinski definition) is 5. The zero-order valence-electron chi connectivity index (χ0n) is 10.6. The summed E-state index contributed by atoms with van der Waals surface area (Å²) in [5.74, 6) is 0.455. The van der Waals surface area contributed by atoms with Gasteiger partial charge in [-0.15, -0.1) is 0 Å². The molecule has 0 bridgehead atoms. The molecule has 1 aliphatic heterocycles. The van der Waals surface area contributed by atoms with Crippen molar-refractivity contribution in [2.24, 2.45) is 0 Å². The highest BCUT2D eigenvalue weighted by atomic mass is 16.5. The zero-order valence-corrected chi connectivity index (χ0v) is 10.6. The van der Waals surface area contributed by atoms with Crippen molar-refractivity contribution in [2.75, 3.05) is 37.7 Å². The van der Waals surface area contributed by atoms with Gasteiger partial charge in [0.1, 0.15) is 5.69 Å². The normalized spacial score (nSPS) is 15.5. The summed E-state index contributed by atoms with van der Waals surface area (Å²) in [4.78, 5) is 22.3. The molecule has 0 spiro atoms. The molecule has 1 saturated heterocycles. The first-order valence-electron chi connectivity index (χ1n) is 6.25. The van der Waals surface area contributed by atoms with Gasteiger partial charge in [-0.25, -0.2) is 9.97 Å². The molecule has 1 fully saturated rings. The Labute approximate surface area is 106 Å². The lowest BCUT2D eigenvalue weighted by atomic mass is 10.3. The van der Waals surface area contributed by atoms with E-state index in [2.05, 4.69) is 15.3 Å².